The molecular weight excluding hydrogens is 412 g/mol. The molecule has 1 fully saturated rings. The predicted molar refractivity (Wildman–Crippen MR) is 125 cm³/mol. The minimum atomic E-state index is 0.575. The van der Waals surface area contributed by atoms with Gasteiger partial charge in [0.25, 0.3) is 0 Å². The van der Waals surface area contributed by atoms with Gasteiger partial charge in [0, 0.05) is 47.8 Å². The van der Waals surface area contributed by atoms with E-state index in [0.717, 1.165) is 54.6 Å². The monoisotopic (exact) mass is 432 g/mol. The maximum Gasteiger partial charge on any atom is 0.132 e. The lowest BCUT2D eigenvalue weighted by molar-refractivity contribution is 0.122. The average molecular weight is 433 g/mol. The van der Waals surface area contributed by atoms with Crippen LogP contribution >= 0.6 is 11.6 Å². The topological polar surface area (TPSA) is 75.2 Å². The van der Waals surface area contributed by atoms with Crippen molar-refractivity contribution < 1.29 is 4.74 Å². The van der Waals surface area contributed by atoms with Crippen molar-refractivity contribution in [3.63, 3.8) is 0 Å². The second-order valence-electron chi connectivity index (χ2n) is 7.22. The fourth-order valence-corrected chi connectivity index (χ4v) is 3.84. The molecule has 3 heterocycles. The van der Waals surface area contributed by atoms with E-state index < -0.39 is 0 Å². The van der Waals surface area contributed by atoms with Crippen LogP contribution in [0.25, 0.3) is 10.9 Å². The third kappa shape index (κ3) is 4.38. The zero-order chi connectivity index (χ0) is 21.0. The van der Waals surface area contributed by atoms with Crippen LogP contribution in [0.5, 0.6) is 0 Å². The van der Waals surface area contributed by atoms with E-state index in [1.165, 1.54) is 5.69 Å². The van der Waals surface area contributed by atoms with Crippen molar-refractivity contribution in [2.45, 2.75) is 0 Å². The molecule has 0 saturated carbocycles. The fraction of sp³-hybridized carbons (Fsp3) is 0.174. The van der Waals surface area contributed by atoms with Gasteiger partial charge in [0.2, 0.25) is 0 Å². The number of halogens is 1. The number of anilines is 5. The predicted octanol–water partition coefficient (Wildman–Crippen LogP) is 5.00. The first-order valence-electron chi connectivity index (χ1n) is 10.1. The van der Waals surface area contributed by atoms with Crippen molar-refractivity contribution in [1.29, 1.82) is 0 Å². The Morgan fingerprint density at radius 3 is 2.68 bits per heavy atom. The first-order chi connectivity index (χ1) is 15.3. The first kappa shape index (κ1) is 19.5. The molecule has 2 aromatic carbocycles. The van der Waals surface area contributed by atoms with E-state index in [0.29, 0.717) is 10.5 Å². The second-order valence-corrected chi connectivity index (χ2v) is 7.63. The smallest absolute Gasteiger partial charge is 0.132 e. The van der Waals surface area contributed by atoms with Gasteiger partial charge < -0.3 is 20.3 Å². The highest BCUT2D eigenvalue weighted by molar-refractivity contribution is 6.35. The number of nitrogens with one attached hydrogen (secondary N) is 2. The summed E-state index contributed by atoms with van der Waals surface area (Å²) >= 11 is 6.26. The average Bonchev–Trinajstić information content (AvgIpc) is 2.81. The number of morpholine rings is 1. The van der Waals surface area contributed by atoms with Gasteiger partial charge in [-0.3, -0.25) is 0 Å². The van der Waals surface area contributed by atoms with E-state index in [1.807, 2.05) is 42.5 Å². The van der Waals surface area contributed by atoms with E-state index in [-0.39, 0.29) is 0 Å². The van der Waals surface area contributed by atoms with Crippen molar-refractivity contribution in [1.82, 2.24) is 15.2 Å². The van der Waals surface area contributed by atoms with Gasteiger partial charge in [-0.15, -0.1) is 5.10 Å². The molecule has 2 aromatic heterocycles. The fourth-order valence-electron chi connectivity index (χ4n) is 3.63. The van der Waals surface area contributed by atoms with Gasteiger partial charge in [-0.05, 0) is 30.3 Å². The van der Waals surface area contributed by atoms with Gasteiger partial charge >= 0.3 is 0 Å². The lowest BCUT2D eigenvalue weighted by Gasteiger charge is -2.29. The van der Waals surface area contributed by atoms with Crippen molar-refractivity contribution in [2.75, 3.05) is 41.8 Å². The van der Waals surface area contributed by atoms with E-state index in [1.54, 1.807) is 12.4 Å². The molecular formula is C23H21ClN6O. The molecule has 0 aliphatic carbocycles. The van der Waals surface area contributed by atoms with E-state index in [9.17, 15) is 0 Å². The molecule has 5 rings (SSSR count). The summed E-state index contributed by atoms with van der Waals surface area (Å²) in [7, 11) is 0. The maximum absolute atomic E-state index is 6.26. The van der Waals surface area contributed by atoms with Crippen molar-refractivity contribution >= 4 is 51.1 Å². The Kier molecular flexibility index (Phi) is 5.52. The summed E-state index contributed by atoms with van der Waals surface area (Å²) in [6.45, 7) is 3.32. The molecule has 8 heteroatoms. The van der Waals surface area contributed by atoms with Gasteiger partial charge in [-0.2, -0.15) is 5.10 Å². The number of hydrogen-bond donors (Lipinski definition) is 2. The number of benzene rings is 2. The zero-order valence-corrected chi connectivity index (χ0v) is 17.5. The molecule has 4 aromatic rings. The van der Waals surface area contributed by atoms with Crippen LogP contribution in [-0.4, -0.2) is 41.5 Å². The molecule has 1 aliphatic rings. The van der Waals surface area contributed by atoms with Crippen molar-refractivity contribution in [3.8, 4) is 0 Å². The number of rotatable bonds is 5. The largest absolute Gasteiger partial charge is 0.378 e. The number of aromatic nitrogens is 3. The van der Waals surface area contributed by atoms with Gasteiger partial charge in [0.05, 0.1) is 30.1 Å². The molecule has 0 amide bonds. The maximum atomic E-state index is 6.26. The van der Waals surface area contributed by atoms with E-state index in [4.69, 9.17) is 16.3 Å². The van der Waals surface area contributed by atoms with Crippen LogP contribution in [0.15, 0.2) is 67.0 Å². The molecule has 0 radical (unpaired) electrons. The number of pyridine rings is 1. The molecule has 7 nitrogen and oxygen atoms in total. The van der Waals surface area contributed by atoms with E-state index >= 15 is 0 Å². The summed E-state index contributed by atoms with van der Waals surface area (Å²) in [4.78, 5) is 6.79. The molecule has 0 bridgehead atoms. The molecule has 156 valence electrons. The highest BCUT2D eigenvalue weighted by Crippen LogP contribution is 2.29. The van der Waals surface area contributed by atoms with Crippen LogP contribution in [0.3, 0.4) is 0 Å². The normalized spacial score (nSPS) is 13.9. The van der Waals surface area contributed by atoms with Crippen LogP contribution in [0.1, 0.15) is 0 Å². The third-order valence-electron chi connectivity index (χ3n) is 5.16. The molecule has 0 spiro atoms. The van der Waals surface area contributed by atoms with Crippen LogP contribution in [0.2, 0.25) is 5.02 Å². The third-order valence-corrected chi connectivity index (χ3v) is 5.46. The number of ether oxygens (including phenoxy) is 1. The highest BCUT2D eigenvalue weighted by Gasteiger charge is 2.12. The first-order valence-corrected chi connectivity index (χ1v) is 10.5. The Morgan fingerprint density at radius 1 is 0.935 bits per heavy atom. The molecule has 31 heavy (non-hydrogen) atoms. The summed E-state index contributed by atoms with van der Waals surface area (Å²) in [6, 6.07) is 17.9. The summed E-state index contributed by atoms with van der Waals surface area (Å²) in [5.41, 5.74) is 4.54. The Balaban J connectivity index is 1.36. The molecule has 0 atom stereocenters. The minimum absolute atomic E-state index is 0.575. The van der Waals surface area contributed by atoms with Crippen LogP contribution in [0.4, 0.5) is 28.6 Å². The summed E-state index contributed by atoms with van der Waals surface area (Å²) in [6.07, 6.45) is 3.46. The second kappa shape index (κ2) is 8.75. The number of hydrogen-bond acceptors (Lipinski definition) is 7. The van der Waals surface area contributed by atoms with Crippen molar-refractivity contribution in [2.24, 2.45) is 0 Å². The summed E-state index contributed by atoms with van der Waals surface area (Å²) in [5.74, 6) is 0.744. The molecule has 0 unspecified atom stereocenters. The van der Waals surface area contributed by atoms with Crippen LogP contribution in [-0.2, 0) is 4.74 Å². The van der Waals surface area contributed by atoms with Gasteiger partial charge in [-0.1, -0.05) is 29.8 Å². The minimum Gasteiger partial charge on any atom is -0.378 e. The Bertz CT molecular complexity index is 1210. The zero-order valence-electron chi connectivity index (χ0n) is 16.8. The number of fused-ring (bicyclic) bond motifs is 1. The van der Waals surface area contributed by atoms with Gasteiger partial charge in [0.15, 0.2) is 0 Å². The van der Waals surface area contributed by atoms with Crippen LogP contribution in [0, 0.1) is 0 Å². The molecule has 2 N–H and O–H groups in total. The lowest BCUT2D eigenvalue weighted by Crippen LogP contribution is -2.36. The Morgan fingerprint density at radius 2 is 1.77 bits per heavy atom. The van der Waals surface area contributed by atoms with Gasteiger partial charge in [0.1, 0.15) is 11.3 Å². The van der Waals surface area contributed by atoms with E-state index in [2.05, 4.69) is 42.8 Å². The lowest BCUT2D eigenvalue weighted by atomic mass is 10.2. The molecule has 1 saturated heterocycles. The van der Waals surface area contributed by atoms with Gasteiger partial charge in [-0.25, -0.2) is 4.98 Å². The Labute approximate surface area is 185 Å². The van der Waals surface area contributed by atoms with Crippen LogP contribution < -0.4 is 15.5 Å². The quantitative estimate of drug-likeness (QED) is 0.459. The highest BCUT2D eigenvalue weighted by atomic mass is 35.5. The standard InChI is InChI=1S/C23H21ClN6O/c24-20-6-2-5-19-21(15-26-29-23(19)20)27-17-7-8-25-22(14-17)28-16-3-1-4-18(13-16)30-9-11-31-12-10-30/h1-8,13-15H,9-12H2,(H2,25,27,28,29). The number of nitrogens with zero attached hydrogens (tertiary/aromatic N) is 4. The summed E-state index contributed by atoms with van der Waals surface area (Å²) in [5, 5.41) is 16.5. The Hall–Kier alpha value is -3.42. The SMILES string of the molecule is Clc1cccc2c(Nc3ccnc(Nc4cccc(N5CCOCC5)c4)c3)cnnc12. The van der Waals surface area contributed by atoms with Crippen molar-refractivity contribution in [3.05, 3.63) is 72.0 Å². The molecule has 1 aliphatic heterocycles. The summed E-state index contributed by atoms with van der Waals surface area (Å²) < 4.78 is 5.45.